The predicted octanol–water partition coefficient (Wildman–Crippen LogP) is 0.424. The number of hydrogen-bond donors (Lipinski definition) is 1. The van der Waals surface area contributed by atoms with Crippen molar-refractivity contribution in [3.63, 3.8) is 0 Å². The van der Waals surface area contributed by atoms with Gasteiger partial charge in [0, 0.05) is 20.0 Å². The molecule has 0 saturated carbocycles. The molecule has 1 aromatic heterocycles. The Bertz CT molecular complexity index is 642. The van der Waals surface area contributed by atoms with E-state index in [0.717, 1.165) is 0 Å². The topological polar surface area (TPSA) is 92.8 Å². The average molecular weight is 285 g/mol. The van der Waals surface area contributed by atoms with Crippen molar-refractivity contribution in [3.8, 4) is 11.8 Å². The molecular weight excluding hydrogens is 270 g/mol. The summed E-state index contributed by atoms with van der Waals surface area (Å²) in [6.07, 6.45) is 2.19. The van der Waals surface area contributed by atoms with Crippen molar-refractivity contribution in [1.29, 1.82) is 5.26 Å². The minimum absolute atomic E-state index is 0.0679. The van der Waals surface area contributed by atoms with Crippen LogP contribution in [0.3, 0.4) is 0 Å². The van der Waals surface area contributed by atoms with Crippen molar-refractivity contribution < 1.29 is 9.53 Å². The number of nitrogens with zero attached hydrogens (tertiary/aromatic N) is 4. The van der Waals surface area contributed by atoms with E-state index in [1.807, 2.05) is 6.07 Å². The van der Waals surface area contributed by atoms with Crippen LogP contribution in [0.15, 0.2) is 30.6 Å². The summed E-state index contributed by atoms with van der Waals surface area (Å²) in [6.45, 7) is 0.390. The van der Waals surface area contributed by atoms with Crippen LogP contribution in [0.25, 0.3) is 0 Å². The number of ether oxygens (including phenoxy) is 1. The molecular formula is C14H15N5O2. The molecule has 0 radical (unpaired) electrons. The molecule has 108 valence electrons. The summed E-state index contributed by atoms with van der Waals surface area (Å²) < 4.78 is 6.93. The second-order valence-electron chi connectivity index (χ2n) is 4.36. The van der Waals surface area contributed by atoms with Crippen molar-refractivity contribution in [2.75, 3.05) is 13.2 Å². The van der Waals surface area contributed by atoms with Gasteiger partial charge in [-0.15, -0.1) is 0 Å². The monoisotopic (exact) mass is 285 g/mol. The molecule has 0 aliphatic heterocycles. The Labute approximate surface area is 122 Å². The van der Waals surface area contributed by atoms with Gasteiger partial charge in [-0.05, 0) is 24.3 Å². The lowest BCUT2D eigenvalue weighted by atomic mass is 10.2. The van der Waals surface area contributed by atoms with Crippen molar-refractivity contribution in [2.45, 2.75) is 6.42 Å². The largest absolute Gasteiger partial charge is 0.484 e. The number of rotatable bonds is 6. The van der Waals surface area contributed by atoms with E-state index < -0.39 is 0 Å². The highest BCUT2D eigenvalue weighted by molar-refractivity contribution is 5.77. The number of carbonyl (C=O) groups is 1. The summed E-state index contributed by atoms with van der Waals surface area (Å²) in [5.74, 6) is 1.02. The van der Waals surface area contributed by atoms with E-state index in [-0.39, 0.29) is 12.5 Å². The molecule has 0 unspecified atom stereocenters. The first-order valence-electron chi connectivity index (χ1n) is 6.41. The summed E-state index contributed by atoms with van der Waals surface area (Å²) in [5, 5.41) is 15.5. The Morgan fingerprint density at radius 2 is 2.19 bits per heavy atom. The van der Waals surface area contributed by atoms with Gasteiger partial charge < -0.3 is 10.1 Å². The molecule has 0 atom stereocenters. The number of nitriles is 1. The fourth-order valence-electron chi connectivity index (χ4n) is 1.64. The van der Waals surface area contributed by atoms with Gasteiger partial charge in [0.15, 0.2) is 12.4 Å². The molecule has 2 aromatic rings. The van der Waals surface area contributed by atoms with Gasteiger partial charge in [-0.25, -0.2) is 4.98 Å². The van der Waals surface area contributed by atoms with Gasteiger partial charge in [-0.2, -0.15) is 10.4 Å². The minimum Gasteiger partial charge on any atom is -0.484 e. The van der Waals surface area contributed by atoms with Gasteiger partial charge in [0.1, 0.15) is 12.1 Å². The zero-order valence-corrected chi connectivity index (χ0v) is 11.6. The predicted molar refractivity (Wildman–Crippen MR) is 74.4 cm³/mol. The van der Waals surface area contributed by atoms with Crippen LogP contribution in [0.1, 0.15) is 11.4 Å². The van der Waals surface area contributed by atoms with E-state index in [0.29, 0.717) is 30.1 Å². The maximum atomic E-state index is 11.6. The molecule has 0 aliphatic rings. The lowest BCUT2D eigenvalue weighted by Gasteiger charge is -2.06. The van der Waals surface area contributed by atoms with Crippen LogP contribution in [0.4, 0.5) is 0 Å². The molecule has 0 fully saturated rings. The Hall–Kier alpha value is -2.88. The maximum Gasteiger partial charge on any atom is 0.257 e. The first-order chi connectivity index (χ1) is 10.2. The van der Waals surface area contributed by atoms with Crippen molar-refractivity contribution in [2.24, 2.45) is 7.05 Å². The van der Waals surface area contributed by atoms with Gasteiger partial charge in [0.25, 0.3) is 5.91 Å². The van der Waals surface area contributed by atoms with Gasteiger partial charge >= 0.3 is 0 Å². The fourth-order valence-corrected chi connectivity index (χ4v) is 1.64. The van der Waals surface area contributed by atoms with E-state index in [1.165, 1.54) is 0 Å². The highest BCUT2D eigenvalue weighted by Crippen LogP contribution is 2.11. The van der Waals surface area contributed by atoms with Gasteiger partial charge in [-0.1, -0.05) is 0 Å². The summed E-state index contributed by atoms with van der Waals surface area (Å²) in [5.41, 5.74) is 0.551. The average Bonchev–Trinajstić information content (AvgIpc) is 2.91. The summed E-state index contributed by atoms with van der Waals surface area (Å²) >= 11 is 0. The molecule has 1 heterocycles. The second kappa shape index (κ2) is 7.05. The molecule has 0 saturated heterocycles. The zero-order chi connectivity index (χ0) is 15.1. The maximum absolute atomic E-state index is 11.6. The zero-order valence-electron chi connectivity index (χ0n) is 11.6. The smallest absolute Gasteiger partial charge is 0.257 e. The number of amides is 1. The lowest BCUT2D eigenvalue weighted by Crippen LogP contribution is -2.30. The number of carbonyl (C=O) groups excluding carboxylic acids is 1. The van der Waals surface area contributed by atoms with Crippen LogP contribution in [0.2, 0.25) is 0 Å². The quantitative estimate of drug-likeness (QED) is 0.830. The van der Waals surface area contributed by atoms with E-state index in [1.54, 1.807) is 42.3 Å². The van der Waals surface area contributed by atoms with Crippen LogP contribution in [0, 0.1) is 11.3 Å². The normalized spacial score (nSPS) is 9.90. The minimum atomic E-state index is -0.213. The van der Waals surface area contributed by atoms with Crippen LogP contribution in [0.5, 0.6) is 5.75 Å². The van der Waals surface area contributed by atoms with E-state index in [4.69, 9.17) is 10.00 Å². The molecule has 0 aliphatic carbocycles. The standard InChI is InChI=1S/C14H15N5O2/c1-19-10-17-13(18-19)6-7-16-14(20)9-21-12-4-2-11(8-15)3-5-12/h2-5,10H,6-7,9H2,1H3,(H,16,20). The third-order valence-corrected chi connectivity index (χ3v) is 2.67. The number of hydrogen-bond acceptors (Lipinski definition) is 5. The van der Waals surface area contributed by atoms with E-state index in [2.05, 4.69) is 15.4 Å². The number of aryl methyl sites for hydroxylation is 1. The molecule has 0 spiro atoms. The van der Waals surface area contributed by atoms with Crippen LogP contribution in [-0.4, -0.2) is 33.8 Å². The SMILES string of the molecule is Cn1cnc(CCNC(=O)COc2ccc(C#N)cc2)n1. The molecule has 7 heteroatoms. The van der Waals surface area contributed by atoms with Crippen LogP contribution < -0.4 is 10.1 Å². The molecule has 1 N–H and O–H groups in total. The van der Waals surface area contributed by atoms with E-state index >= 15 is 0 Å². The Balaban J connectivity index is 1.68. The van der Waals surface area contributed by atoms with Gasteiger partial charge in [-0.3, -0.25) is 9.48 Å². The summed E-state index contributed by atoms with van der Waals surface area (Å²) in [4.78, 5) is 15.7. The Morgan fingerprint density at radius 3 is 2.81 bits per heavy atom. The number of aromatic nitrogens is 3. The Morgan fingerprint density at radius 1 is 1.43 bits per heavy atom. The number of benzene rings is 1. The van der Waals surface area contributed by atoms with Crippen LogP contribution in [-0.2, 0) is 18.3 Å². The number of nitrogens with one attached hydrogen (secondary N) is 1. The highest BCUT2D eigenvalue weighted by Gasteiger charge is 2.04. The highest BCUT2D eigenvalue weighted by atomic mass is 16.5. The molecule has 1 aromatic carbocycles. The second-order valence-corrected chi connectivity index (χ2v) is 4.36. The molecule has 7 nitrogen and oxygen atoms in total. The third kappa shape index (κ3) is 4.62. The lowest BCUT2D eigenvalue weighted by molar-refractivity contribution is -0.123. The van der Waals surface area contributed by atoms with Crippen molar-refractivity contribution in [1.82, 2.24) is 20.1 Å². The molecule has 1 amide bonds. The molecule has 21 heavy (non-hydrogen) atoms. The first-order valence-corrected chi connectivity index (χ1v) is 6.41. The summed E-state index contributed by atoms with van der Waals surface area (Å²) in [6, 6.07) is 8.61. The first kappa shape index (κ1) is 14.5. The molecule has 2 rings (SSSR count). The van der Waals surface area contributed by atoms with Crippen molar-refractivity contribution in [3.05, 3.63) is 42.0 Å². The van der Waals surface area contributed by atoms with Crippen molar-refractivity contribution >= 4 is 5.91 Å². The summed E-state index contributed by atoms with van der Waals surface area (Å²) in [7, 11) is 1.79. The fraction of sp³-hybridized carbons (Fsp3) is 0.286. The third-order valence-electron chi connectivity index (χ3n) is 2.67. The van der Waals surface area contributed by atoms with Crippen LogP contribution >= 0.6 is 0 Å². The molecule has 0 bridgehead atoms. The van der Waals surface area contributed by atoms with E-state index in [9.17, 15) is 4.79 Å². The van der Waals surface area contributed by atoms with Gasteiger partial charge in [0.05, 0.1) is 11.6 Å². The van der Waals surface area contributed by atoms with Gasteiger partial charge in [0.2, 0.25) is 0 Å². The Kier molecular flexibility index (Phi) is 4.88.